The topological polar surface area (TPSA) is 93.6 Å². The normalized spacial score (nSPS) is 10.8. The third-order valence-electron chi connectivity index (χ3n) is 2.97. The van der Waals surface area contributed by atoms with Crippen LogP contribution in [0.4, 0.5) is 0 Å². The highest BCUT2D eigenvalue weighted by Gasteiger charge is 2.16. The minimum Gasteiger partial charge on any atom is -0.484 e. The van der Waals surface area contributed by atoms with Gasteiger partial charge in [-0.2, -0.15) is 0 Å². The van der Waals surface area contributed by atoms with Crippen molar-refractivity contribution in [2.75, 3.05) is 13.2 Å². The molecule has 0 spiro atoms. The molecule has 130 valence electrons. The number of aromatic amines is 1. The van der Waals surface area contributed by atoms with E-state index in [1.54, 1.807) is 18.2 Å². The Balaban J connectivity index is 2.34. The Morgan fingerprint density at radius 3 is 2.46 bits per heavy atom. The lowest BCUT2D eigenvalue weighted by atomic mass is 10.3. The molecule has 0 amide bonds. The number of aliphatic hydroxyl groups excluding tert-OH is 1. The number of ether oxygens (including phenoxy) is 2. The lowest BCUT2D eigenvalue weighted by molar-refractivity contribution is 0.0426. The Labute approximate surface area is 151 Å². The van der Waals surface area contributed by atoms with Gasteiger partial charge in [-0.25, -0.2) is 4.79 Å². The summed E-state index contributed by atoms with van der Waals surface area (Å²) in [5.41, 5.74) is -1.37. The molecule has 0 unspecified atom stereocenters. The number of rotatable bonds is 7. The lowest BCUT2D eigenvalue weighted by Gasteiger charge is -2.15. The number of aromatic nitrogens is 2. The van der Waals surface area contributed by atoms with Gasteiger partial charge < -0.3 is 14.6 Å². The minimum absolute atomic E-state index is 0.0137. The van der Waals surface area contributed by atoms with Crippen LogP contribution in [0.15, 0.2) is 27.8 Å². The number of H-pyrrole nitrogens is 1. The number of halogens is 3. The third kappa shape index (κ3) is 4.31. The van der Waals surface area contributed by atoms with E-state index in [1.165, 1.54) is 0 Å². The van der Waals surface area contributed by atoms with Crippen LogP contribution in [0.2, 0.25) is 15.1 Å². The van der Waals surface area contributed by atoms with Crippen molar-refractivity contribution in [3.8, 4) is 5.75 Å². The molecule has 0 aliphatic heterocycles. The number of hydrogen-bond acceptors (Lipinski definition) is 5. The van der Waals surface area contributed by atoms with Crippen LogP contribution in [0.25, 0.3) is 0 Å². The molecule has 1 aromatic carbocycles. The average molecular weight is 396 g/mol. The van der Waals surface area contributed by atoms with Crippen molar-refractivity contribution in [1.82, 2.24) is 9.55 Å². The highest BCUT2D eigenvalue weighted by molar-refractivity contribution is 6.37. The molecule has 0 atom stereocenters. The largest absolute Gasteiger partial charge is 0.484 e. The molecule has 0 aliphatic rings. The molecule has 2 aromatic rings. The zero-order valence-electron chi connectivity index (χ0n) is 12.2. The number of nitrogens with zero attached hydrogens (tertiary/aromatic N) is 1. The van der Waals surface area contributed by atoms with Gasteiger partial charge in [0.25, 0.3) is 5.56 Å². The first kappa shape index (κ1) is 18.8. The van der Waals surface area contributed by atoms with E-state index < -0.39 is 11.2 Å². The van der Waals surface area contributed by atoms with E-state index in [0.717, 1.165) is 4.57 Å². The van der Waals surface area contributed by atoms with Gasteiger partial charge in [0.15, 0.2) is 5.75 Å². The Bertz CT molecular complexity index is 814. The molecule has 1 aromatic heterocycles. The van der Waals surface area contributed by atoms with E-state index >= 15 is 0 Å². The summed E-state index contributed by atoms with van der Waals surface area (Å²) in [5, 5.41) is 9.07. The molecule has 7 nitrogen and oxygen atoms in total. The van der Waals surface area contributed by atoms with E-state index in [2.05, 4.69) is 4.98 Å². The van der Waals surface area contributed by atoms with Gasteiger partial charge in [0, 0.05) is 0 Å². The second kappa shape index (κ2) is 8.55. The minimum atomic E-state index is -0.746. The Morgan fingerprint density at radius 2 is 1.83 bits per heavy atom. The fourth-order valence-corrected chi connectivity index (χ4v) is 2.56. The van der Waals surface area contributed by atoms with E-state index in [0.29, 0.717) is 0 Å². The first-order chi connectivity index (χ1) is 11.5. The summed E-state index contributed by atoms with van der Waals surface area (Å²) in [6.45, 7) is -0.651. The number of aliphatic hydroxyl groups is 1. The van der Waals surface area contributed by atoms with Gasteiger partial charge in [0.05, 0.1) is 29.0 Å². The smallest absolute Gasteiger partial charge is 0.330 e. The van der Waals surface area contributed by atoms with Crippen LogP contribution in [-0.2, 0) is 18.1 Å². The van der Waals surface area contributed by atoms with Crippen LogP contribution in [0, 0.1) is 0 Å². The SMILES string of the molecule is O=c1[nH]c(=O)n(COCCO)c(COc2c(Cl)cccc2Cl)c1Cl. The lowest BCUT2D eigenvalue weighted by Crippen LogP contribution is -2.34. The summed E-state index contributed by atoms with van der Waals surface area (Å²) < 4.78 is 11.7. The van der Waals surface area contributed by atoms with E-state index in [1.807, 2.05) is 0 Å². The zero-order chi connectivity index (χ0) is 17.7. The van der Waals surface area contributed by atoms with Crippen LogP contribution in [0.5, 0.6) is 5.75 Å². The monoisotopic (exact) mass is 394 g/mol. The van der Waals surface area contributed by atoms with Crippen LogP contribution in [-0.4, -0.2) is 27.9 Å². The second-order valence-electron chi connectivity index (χ2n) is 4.55. The maximum Gasteiger partial charge on any atom is 0.330 e. The fraction of sp³-hybridized carbons (Fsp3) is 0.286. The van der Waals surface area contributed by atoms with Gasteiger partial charge in [0.2, 0.25) is 0 Å². The zero-order valence-corrected chi connectivity index (χ0v) is 14.5. The number of benzene rings is 1. The standard InChI is InChI=1S/C14H13Cl3N2O5/c15-8-2-1-3-9(16)12(8)24-6-10-11(17)13(21)18-14(22)19(10)7-23-5-4-20/h1-3,20H,4-7H2,(H,18,21,22). The van der Waals surface area contributed by atoms with Gasteiger partial charge in [-0.3, -0.25) is 14.3 Å². The second-order valence-corrected chi connectivity index (χ2v) is 5.74. The van der Waals surface area contributed by atoms with Crippen molar-refractivity contribution >= 4 is 34.8 Å². The summed E-state index contributed by atoms with van der Waals surface area (Å²) in [4.78, 5) is 25.7. The Hall–Kier alpha value is -1.51. The van der Waals surface area contributed by atoms with Crippen molar-refractivity contribution in [3.05, 3.63) is 59.8 Å². The van der Waals surface area contributed by atoms with Crippen LogP contribution >= 0.6 is 34.8 Å². The number of hydrogen-bond donors (Lipinski definition) is 2. The molecule has 0 fully saturated rings. The summed E-state index contributed by atoms with van der Waals surface area (Å²) in [6, 6.07) is 4.82. The predicted molar refractivity (Wildman–Crippen MR) is 90.2 cm³/mol. The third-order valence-corrected chi connectivity index (χ3v) is 3.96. The van der Waals surface area contributed by atoms with Crippen molar-refractivity contribution in [2.24, 2.45) is 0 Å². The van der Waals surface area contributed by atoms with Gasteiger partial charge in [-0.15, -0.1) is 0 Å². The quantitative estimate of drug-likeness (QED) is 0.700. The molecule has 0 bridgehead atoms. The maximum absolute atomic E-state index is 12.0. The van der Waals surface area contributed by atoms with Gasteiger partial charge in [-0.05, 0) is 12.1 Å². The molecule has 2 rings (SSSR count). The molecular weight excluding hydrogens is 383 g/mol. The van der Waals surface area contributed by atoms with Crippen molar-refractivity contribution in [1.29, 1.82) is 0 Å². The van der Waals surface area contributed by atoms with E-state index in [9.17, 15) is 9.59 Å². The predicted octanol–water partition coefficient (Wildman–Crippen LogP) is 2.04. The number of para-hydroxylation sites is 1. The van der Waals surface area contributed by atoms with Gasteiger partial charge in [0.1, 0.15) is 18.4 Å². The molecule has 24 heavy (non-hydrogen) atoms. The van der Waals surface area contributed by atoms with Crippen LogP contribution < -0.4 is 16.0 Å². The molecule has 0 radical (unpaired) electrons. The molecule has 10 heteroatoms. The Kier molecular flexibility index (Phi) is 6.70. The maximum atomic E-state index is 12.0. The molecule has 0 aliphatic carbocycles. The highest BCUT2D eigenvalue weighted by atomic mass is 35.5. The average Bonchev–Trinajstić information content (AvgIpc) is 2.53. The summed E-state index contributed by atoms with van der Waals surface area (Å²) in [5.74, 6) is 0.201. The van der Waals surface area contributed by atoms with Crippen molar-refractivity contribution < 1.29 is 14.6 Å². The Morgan fingerprint density at radius 1 is 1.17 bits per heavy atom. The summed E-state index contributed by atoms with van der Waals surface area (Å²) >= 11 is 18.0. The van der Waals surface area contributed by atoms with Gasteiger partial charge >= 0.3 is 5.69 Å². The molecule has 2 N–H and O–H groups in total. The first-order valence-electron chi connectivity index (χ1n) is 6.72. The summed E-state index contributed by atoms with van der Waals surface area (Å²) in [7, 11) is 0. The first-order valence-corrected chi connectivity index (χ1v) is 7.86. The van der Waals surface area contributed by atoms with E-state index in [4.69, 9.17) is 49.4 Å². The number of nitrogens with one attached hydrogen (secondary N) is 1. The van der Waals surface area contributed by atoms with E-state index in [-0.39, 0.29) is 53.1 Å². The molecule has 0 saturated carbocycles. The van der Waals surface area contributed by atoms with Gasteiger partial charge in [-0.1, -0.05) is 40.9 Å². The molecule has 1 heterocycles. The van der Waals surface area contributed by atoms with Crippen LogP contribution in [0.3, 0.4) is 0 Å². The molecule has 0 saturated heterocycles. The highest BCUT2D eigenvalue weighted by Crippen LogP contribution is 2.33. The van der Waals surface area contributed by atoms with Crippen molar-refractivity contribution in [2.45, 2.75) is 13.3 Å². The van der Waals surface area contributed by atoms with Crippen molar-refractivity contribution in [3.63, 3.8) is 0 Å². The summed E-state index contributed by atoms with van der Waals surface area (Å²) in [6.07, 6.45) is 0. The fourth-order valence-electron chi connectivity index (χ4n) is 1.85. The van der Waals surface area contributed by atoms with Crippen LogP contribution in [0.1, 0.15) is 5.69 Å². The molecular formula is C14H13Cl3N2O5.